The van der Waals surface area contributed by atoms with E-state index in [1.54, 1.807) is 12.0 Å². The molecule has 1 aromatic rings. The second-order valence-corrected chi connectivity index (χ2v) is 8.40. The second kappa shape index (κ2) is 9.28. The topological polar surface area (TPSA) is 89.2 Å². The molecule has 0 spiro atoms. The largest absolute Gasteiger partial charge is 0.443 e. The molecule has 1 fully saturated rings. The van der Waals surface area contributed by atoms with E-state index < -0.39 is 5.60 Å². The molecule has 0 aliphatic heterocycles. The molecule has 3 N–H and O–H groups in total. The van der Waals surface area contributed by atoms with Crippen LogP contribution >= 0.6 is 0 Å². The highest BCUT2D eigenvalue weighted by Gasteiger charge is 2.37. The Kier molecular flexibility index (Phi) is 7.29. The molecule has 0 aromatic heterocycles. The molecular formula is C21H34N4O3. The molecule has 7 heteroatoms. The van der Waals surface area contributed by atoms with E-state index in [9.17, 15) is 4.79 Å². The number of nitrogens with zero attached hydrogens (tertiary/aromatic N) is 2. The van der Waals surface area contributed by atoms with Crippen molar-refractivity contribution in [3.63, 3.8) is 0 Å². The smallest absolute Gasteiger partial charge is 0.415 e. The van der Waals surface area contributed by atoms with Crippen LogP contribution in [0, 0.1) is 6.92 Å². The monoisotopic (exact) mass is 390 g/mol. The molecule has 0 saturated heterocycles. The standard InChI is InChI=1S/C21H34N4O3/c1-14-11-16(12-23-19(22)24-15(2)13-27-6)7-10-18(14)25(17-8-9-17)20(26)28-21(3,4)5/h7,10-11,15,17H,8-9,12-13H2,1-6H3,(H3,22,23,24). The Bertz CT molecular complexity index is 708. The van der Waals surface area contributed by atoms with Crippen molar-refractivity contribution in [3.8, 4) is 0 Å². The zero-order chi connectivity index (χ0) is 20.9. The van der Waals surface area contributed by atoms with E-state index in [0.29, 0.717) is 19.1 Å². The van der Waals surface area contributed by atoms with Crippen LogP contribution in [0.3, 0.4) is 0 Å². The molecule has 1 aromatic carbocycles. The molecule has 1 saturated carbocycles. The average Bonchev–Trinajstić information content (AvgIpc) is 3.38. The third-order valence-electron chi connectivity index (χ3n) is 4.27. The Hall–Kier alpha value is -2.28. The maximum absolute atomic E-state index is 12.7. The van der Waals surface area contributed by atoms with Crippen LogP contribution in [0.25, 0.3) is 0 Å². The summed E-state index contributed by atoms with van der Waals surface area (Å²) in [5, 5.41) is 3.09. The minimum Gasteiger partial charge on any atom is -0.443 e. The Labute approximate surface area is 168 Å². The molecule has 1 aliphatic carbocycles. The van der Waals surface area contributed by atoms with Crippen LogP contribution in [0.15, 0.2) is 23.2 Å². The van der Waals surface area contributed by atoms with Crippen LogP contribution in [-0.2, 0) is 16.0 Å². The number of nitrogens with one attached hydrogen (secondary N) is 1. The van der Waals surface area contributed by atoms with Gasteiger partial charge in [0.15, 0.2) is 5.96 Å². The number of hydrogen-bond acceptors (Lipinski definition) is 4. The molecule has 0 radical (unpaired) electrons. The highest BCUT2D eigenvalue weighted by molar-refractivity contribution is 5.90. The van der Waals surface area contributed by atoms with Crippen LogP contribution in [0.5, 0.6) is 0 Å². The molecule has 2 rings (SSSR count). The molecule has 0 bridgehead atoms. The number of rotatable bonds is 7. The summed E-state index contributed by atoms with van der Waals surface area (Å²) in [6.07, 6.45) is 1.73. The number of carbonyl (C=O) groups excluding carboxylic acids is 1. The highest BCUT2D eigenvalue weighted by Crippen LogP contribution is 2.35. The summed E-state index contributed by atoms with van der Waals surface area (Å²) in [7, 11) is 1.65. The minimum absolute atomic E-state index is 0.0961. The van der Waals surface area contributed by atoms with Gasteiger partial charge in [-0.15, -0.1) is 0 Å². The summed E-state index contributed by atoms with van der Waals surface area (Å²) in [4.78, 5) is 18.9. The Morgan fingerprint density at radius 3 is 2.61 bits per heavy atom. The molecule has 28 heavy (non-hydrogen) atoms. The van der Waals surface area contributed by atoms with Crippen molar-refractivity contribution < 1.29 is 14.3 Å². The first-order valence-corrected chi connectivity index (χ1v) is 9.78. The van der Waals surface area contributed by atoms with Gasteiger partial charge in [0.2, 0.25) is 0 Å². The number of hydrogen-bond donors (Lipinski definition) is 2. The molecule has 1 unspecified atom stereocenters. The number of benzene rings is 1. The van der Waals surface area contributed by atoms with Crippen molar-refractivity contribution in [1.29, 1.82) is 0 Å². The van der Waals surface area contributed by atoms with Crippen molar-refractivity contribution in [2.45, 2.75) is 71.7 Å². The molecule has 0 heterocycles. The lowest BCUT2D eigenvalue weighted by Crippen LogP contribution is -2.40. The highest BCUT2D eigenvalue weighted by atomic mass is 16.6. The van der Waals surface area contributed by atoms with Gasteiger partial charge in [0.1, 0.15) is 5.60 Å². The minimum atomic E-state index is -0.517. The first-order valence-electron chi connectivity index (χ1n) is 9.78. The number of methoxy groups -OCH3 is 1. The summed E-state index contributed by atoms with van der Waals surface area (Å²) in [5.41, 5.74) is 8.36. The molecule has 1 amide bonds. The van der Waals surface area contributed by atoms with Gasteiger partial charge < -0.3 is 20.5 Å². The van der Waals surface area contributed by atoms with Gasteiger partial charge in [-0.1, -0.05) is 12.1 Å². The van der Waals surface area contributed by atoms with Gasteiger partial charge >= 0.3 is 6.09 Å². The zero-order valence-corrected chi connectivity index (χ0v) is 17.9. The molecule has 1 aliphatic rings. The summed E-state index contributed by atoms with van der Waals surface area (Å²) in [6, 6.07) is 6.32. The van der Waals surface area contributed by atoms with Gasteiger partial charge in [-0.05, 0) is 64.7 Å². The Balaban J connectivity index is 2.09. The number of nitrogens with two attached hydrogens (primary N) is 1. The summed E-state index contributed by atoms with van der Waals surface area (Å²) in [5.74, 6) is 0.389. The lowest BCUT2D eigenvalue weighted by atomic mass is 10.1. The van der Waals surface area contributed by atoms with E-state index in [-0.39, 0.29) is 18.2 Å². The predicted octanol–water partition coefficient (Wildman–Crippen LogP) is 3.34. The van der Waals surface area contributed by atoms with Gasteiger partial charge in [0, 0.05) is 19.2 Å². The predicted molar refractivity (Wildman–Crippen MR) is 113 cm³/mol. The lowest BCUT2D eigenvalue weighted by Gasteiger charge is -2.28. The average molecular weight is 391 g/mol. The van der Waals surface area contributed by atoms with Crippen LogP contribution < -0.4 is 16.0 Å². The van der Waals surface area contributed by atoms with E-state index in [4.69, 9.17) is 15.2 Å². The fraction of sp³-hybridized carbons (Fsp3) is 0.619. The second-order valence-electron chi connectivity index (χ2n) is 8.40. The van der Waals surface area contributed by atoms with Crippen molar-refractivity contribution in [3.05, 3.63) is 29.3 Å². The fourth-order valence-corrected chi connectivity index (χ4v) is 2.94. The van der Waals surface area contributed by atoms with Gasteiger partial charge in [-0.25, -0.2) is 9.79 Å². The van der Waals surface area contributed by atoms with Crippen LogP contribution in [-0.4, -0.2) is 43.5 Å². The zero-order valence-electron chi connectivity index (χ0n) is 17.9. The SMILES string of the molecule is COCC(C)NC(N)=NCc1ccc(N(C(=O)OC(C)(C)C)C2CC2)c(C)c1. The summed E-state index contributed by atoms with van der Waals surface area (Å²) >= 11 is 0. The Morgan fingerprint density at radius 1 is 1.39 bits per heavy atom. The maximum atomic E-state index is 12.7. The normalized spacial score (nSPS) is 15.9. The van der Waals surface area contributed by atoms with E-state index in [1.165, 1.54) is 0 Å². The summed E-state index contributed by atoms with van der Waals surface area (Å²) in [6.45, 7) is 10.7. The van der Waals surface area contributed by atoms with Gasteiger partial charge in [0.25, 0.3) is 0 Å². The summed E-state index contributed by atoms with van der Waals surface area (Å²) < 4.78 is 10.7. The van der Waals surface area contributed by atoms with Crippen molar-refractivity contribution in [2.24, 2.45) is 10.7 Å². The lowest BCUT2D eigenvalue weighted by molar-refractivity contribution is 0.0577. The van der Waals surface area contributed by atoms with E-state index >= 15 is 0 Å². The van der Waals surface area contributed by atoms with E-state index in [0.717, 1.165) is 29.7 Å². The third kappa shape index (κ3) is 6.71. The molecule has 1 atom stereocenters. The van der Waals surface area contributed by atoms with Gasteiger partial charge in [-0.2, -0.15) is 0 Å². The van der Waals surface area contributed by atoms with Crippen LogP contribution in [0.4, 0.5) is 10.5 Å². The number of amides is 1. The molecule has 156 valence electrons. The van der Waals surface area contributed by atoms with E-state index in [2.05, 4.69) is 10.3 Å². The number of ether oxygens (including phenoxy) is 2. The van der Waals surface area contributed by atoms with Crippen molar-refractivity contribution in [2.75, 3.05) is 18.6 Å². The number of carbonyl (C=O) groups is 1. The molecular weight excluding hydrogens is 356 g/mol. The van der Waals surface area contributed by atoms with Gasteiger partial charge in [-0.3, -0.25) is 4.90 Å². The van der Waals surface area contributed by atoms with E-state index in [1.807, 2.05) is 52.8 Å². The number of aliphatic imine (C=N–C) groups is 1. The Morgan fingerprint density at radius 2 is 2.07 bits per heavy atom. The first-order chi connectivity index (χ1) is 13.1. The van der Waals surface area contributed by atoms with Gasteiger partial charge in [0.05, 0.1) is 18.8 Å². The molecule has 7 nitrogen and oxygen atoms in total. The first kappa shape index (κ1) is 22.0. The maximum Gasteiger partial charge on any atom is 0.415 e. The van der Waals surface area contributed by atoms with Crippen LogP contribution in [0.1, 0.15) is 51.7 Å². The van der Waals surface area contributed by atoms with Crippen LogP contribution in [0.2, 0.25) is 0 Å². The third-order valence-corrected chi connectivity index (χ3v) is 4.27. The quantitative estimate of drug-likeness (QED) is 0.551. The number of guanidine groups is 1. The van der Waals surface area contributed by atoms with Crippen molar-refractivity contribution >= 4 is 17.7 Å². The number of aryl methyl sites for hydroxylation is 1. The van der Waals surface area contributed by atoms with Crippen molar-refractivity contribution in [1.82, 2.24) is 5.32 Å². The number of anilines is 1. The fourth-order valence-electron chi connectivity index (χ4n) is 2.94.